The summed E-state index contributed by atoms with van der Waals surface area (Å²) in [6, 6.07) is 25.1. The van der Waals surface area contributed by atoms with Gasteiger partial charge in [-0.1, -0.05) is 50.7 Å². The van der Waals surface area contributed by atoms with Crippen molar-refractivity contribution in [1.29, 1.82) is 0 Å². The van der Waals surface area contributed by atoms with Gasteiger partial charge < -0.3 is 19.1 Å². The van der Waals surface area contributed by atoms with Crippen molar-refractivity contribution in [2.24, 2.45) is 4.99 Å². The second-order valence-corrected chi connectivity index (χ2v) is 11.6. The molecular weight excluding hydrogens is 538 g/mol. The summed E-state index contributed by atoms with van der Waals surface area (Å²) >= 11 is 0. The molecule has 6 rings (SSSR count). The molecule has 7 nitrogen and oxygen atoms in total. The van der Waals surface area contributed by atoms with Crippen LogP contribution in [-0.4, -0.2) is 43.1 Å². The lowest BCUT2D eigenvalue weighted by Gasteiger charge is -2.29. The van der Waals surface area contributed by atoms with Gasteiger partial charge in [0, 0.05) is 23.1 Å². The van der Waals surface area contributed by atoms with Gasteiger partial charge >= 0.3 is 6.02 Å². The molecule has 0 bridgehead atoms. The first-order valence-corrected chi connectivity index (χ1v) is 15.6. The van der Waals surface area contributed by atoms with E-state index in [-0.39, 0.29) is 18.0 Å². The molecule has 3 aromatic rings. The number of rotatable bonds is 8. The molecule has 1 amide bonds. The summed E-state index contributed by atoms with van der Waals surface area (Å²) in [6.07, 6.45) is 13.2. The second-order valence-electron chi connectivity index (χ2n) is 11.6. The first-order chi connectivity index (χ1) is 21.1. The average molecular weight is 580 g/mol. The molecule has 0 aromatic heterocycles. The van der Waals surface area contributed by atoms with Crippen LogP contribution in [0.3, 0.4) is 0 Å². The highest BCUT2D eigenvalue weighted by Gasteiger charge is 2.40. The molecule has 43 heavy (non-hydrogen) atoms. The van der Waals surface area contributed by atoms with Crippen LogP contribution in [0.25, 0.3) is 6.08 Å². The summed E-state index contributed by atoms with van der Waals surface area (Å²) in [5, 5.41) is 0. The summed E-state index contributed by atoms with van der Waals surface area (Å²) in [7, 11) is 3.34. The van der Waals surface area contributed by atoms with E-state index in [2.05, 4.69) is 17.0 Å². The molecule has 0 radical (unpaired) electrons. The van der Waals surface area contributed by atoms with Crippen LogP contribution in [0, 0.1) is 0 Å². The molecule has 7 heteroatoms. The molecule has 224 valence electrons. The fraction of sp³-hybridized carbons (Fsp3) is 0.389. The third-order valence-corrected chi connectivity index (χ3v) is 8.75. The van der Waals surface area contributed by atoms with Crippen molar-refractivity contribution in [3.05, 3.63) is 84.1 Å². The first kappa shape index (κ1) is 28.8. The van der Waals surface area contributed by atoms with Crippen LogP contribution in [0.2, 0.25) is 0 Å². The summed E-state index contributed by atoms with van der Waals surface area (Å²) in [5.41, 5.74) is 3.88. The van der Waals surface area contributed by atoms with Gasteiger partial charge in [-0.2, -0.15) is 0 Å². The lowest BCUT2D eigenvalue weighted by atomic mass is 9.94. The predicted molar refractivity (Wildman–Crippen MR) is 171 cm³/mol. The number of anilines is 3. The van der Waals surface area contributed by atoms with E-state index in [1.54, 1.807) is 14.2 Å². The van der Waals surface area contributed by atoms with Crippen molar-refractivity contribution in [2.75, 3.05) is 19.1 Å². The zero-order chi connectivity index (χ0) is 29.6. The Hall–Kier alpha value is -4.26. The summed E-state index contributed by atoms with van der Waals surface area (Å²) in [4.78, 5) is 22.8. The minimum absolute atomic E-state index is 0.0661. The molecule has 3 aliphatic rings. The highest BCUT2D eigenvalue weighted by Crippen LogP contribution is 2.37. The van der Waals surface area contributed by atoms with Crippen molar-refractivity contribution in [2.45, 2.75) is 76.3 Å². The molecule has 3 fully saturated rings. The molecule has 3 aromatic carbocycles. The Kier molecular flexibility index (Phi) is 8.96. The standard InChI is InChI=1S/C36H41N3O4/c1-41-32-21-17-30(18-22-32)38(31-19-23-33(42-2)24-20-31)29-15-13-26(14-16-29)25-34-35(40)39(28-11-7-4-8-12-28)36(43-34)37-27-9-5-3-6-10-27/h13-25,27-28H,3-12H2,1-2H3/b34-25+,37-36+. The van der Waals surface area contributed by atoms with Gasteiger partial charge in [0.05, 0.1) is 20.3 Å². The monoisotopic (exact) mass is 579 g/mol. The maximum atomic E-state index is 13.7. The number of carbonyl (C=O) groups is 1. The van der Waals surface area contributed by atoms with Gasteiger partial charge in [-0.25, -0.2) is 4.99 Å². The molecule has 1 aliphatic heterocycles. The number of amides is 1. The third kappa shape index (κ3) is 6.56. The van der Waals surface area contributed by atoms with Crippen LogP contribution in [0.5, 0.6) is 11.5 Å². The van der Waals surface area contributed by atoms with Gasteiger partial charge in [-0.3, -0.25) is 9.69 Å². The van der Waals surface area contributed by atoms with E-state index < -0.39 is 0 Å². The van der Waals surface area contributed by atoms with Crippen LogP contribution in [0.1, 0.15) is 69.8 Å². The molecular formula is C36H41N3O4. The number of nitrogens with zero attached hydrogens (tertiary/aromatic N) is 3. The largest absolute Gasteiger partial charge is 0.497 e. The Labute approximate surface area is 254 Å². The number of aliphatic imine (C=N–C) groups is 1. The lowest BCUT2D eigenvalue weighted by Crippen LogP contribution is -2.41. The number of methoxy groups -OCH3 is 2. The predicted octanol–water partition coefficient (Wildman–Crippen LogP) is 8.39. The fourth-order valence-corrected chi connectivity index (χ4v) is 6.38. The molecule has 2 saturated carbocycles. The second kappa shape index (κ2) is 13.4. The molecule has 0 N–H and O–H groups in total. The van der Waals surface area contributed by atoms with Crippen LogP contribution in [0.15, 0.2) is 83.5 Å². The number of carbonyl (C=O) groups excluding carboxylic acids is 1. The average Bonchev–Trinajstić information content (AvgIpc) is 3.37. The summed E-state index contributed by atoms with van der Waals surface area (Å²) in [6.45, 7) is 0. The van der Waals surface area contributed by atoms with Gasteiger partial charge in [0.1, 0.15) is 11.5 Å². The van der Waals surface area contributed by atoms with Crippen molar-refractivity contribution in [1.82, 2.24) is 4.90 Å². The van der Waals surface area contributed by atoms with Gasteiger partial charge in [-0.05, 0) is 98.0 Å². The lowest BCUT2D eigenvalue weighted by molar-refractivity contribution is -0.124. The Morgan fingerprint density at radius 2 is 1.21 bits per heavy atom. The molecule has 0 unspecified atom stereocenters. The minimum atomic E-state index is -0.0661. The van der Waals surface area contributed by atoms with Crippen LogP contribution < -0.4 is 14.4 Å². The molecule has 1 saturated heterocycles. The van der Waals surface area contributed by atoms with Crippen molar-refractivity contribution < 1.29 is 19.0 Å². The molecule has 2 aliphatic carbocycles. The number of amidine groups is 1. The van der Waals surface area contributed by atoms with E-state index >= 15 is 0 Å². The van der Waals surface area contributed by atoms with Crippen molar-refractivity contribution >= 4 is 35.1 Å². The Balaban J connectivity index is 1.28. The SMILES string of the molecule is COc1ccc(N(c2ccc(/C=C3/O/C(=N/C4CCCCC4)N(C4CCCCC4)C3=O)cc2)c2ccc(OC)cc2)cc1. The van der Waals surface area contributed by atoms with Crippen molar-refractivity contribution in [3.8, 4) is 11.5 Å². The number of benzene rings is 3. The quantitative estimate of drug-likeness (QED) is 0.251. The van der Waals surface area contributed by atoms with E-state index in [1.165, 1.54) is 25.7 Å². The fourth-order valence-electron chi connectivity index (χ4n) is 6.38. The van der Waals surface area contributed by atoms with E-state index in [0.29, 0.717) is 11.8 Å². The van der Waals surface area contributed by atoms with Gasteiger partial charge in [0.25, 0.3) is 5.91 Å². The third-order valence-electron chi connectivity index (χ3n) is 8.75. The number of ether oxygens (including phenoxy) is 3. The minimum Gasteiger partial charge on any atom is -0.497 e. The van der Waals surface area contributed by atoms with Gasteiger partial charge in [-0.15, -0.1) is 0 Å². The number of hydrogen-bond acceptors (Lipinski definition) is 6. The highest BCUT2D eigenvalue weighted by molar-refractivity contribution is 6.11. The number of hydrogen-bond donors (Lipinski definition) is 0. The maximum Gasteiger partial charge on any atom is 0.300 e. The smallest absolute Gasteiger partial charge is 0.300 e. The van der Waals surface area contributed by atoms with Gasteiger partial charge in [0.15, 0.2) is 5.76 Å². The molecule has 0 atom stereocenters. The van der Waals surface area contributed by atoms with Crippen molar-refractivity contribution in [3.63, 3.8) is 0 Å². The first-order valence-electron chi connectivity index (χ1n) is 15.6. The van der Waals surface area contributed by atoms with Crippen LogP contribution in [0.4, 0.5) is 17.1 Å². The zero-order valence-electron chi connectivity index (χ0n) is 25.2. The van der Waals surface area contributed by atoms with E-state index in [4.69, 9.17) is 19.2 Å². The Bertz CT molecular complexity index is 1390. The van der Waals surface area contributed by atoms with Crippen LogP contribution in [-0.2, 0) is 9.53 Å². The van der Waals surface area contributed by atoms with Crippen LogP contribution >= 0.6 is 0 Å². The summed E-state index contributed by atoms with van der Waals surface area (Å²) < 4.78 is 17.0. The van der Waals surface area contributed by atoms with Gasteiger partial charge in [0.2, 0.25) is 0 Å². The highest BCUT2D eigenvalue weighted by atomic mass is 16.5. The van der Waals surface area contributed by atoms with E-state index in [1.807, 2.05) is 71.6 Å². The Morgan fingerprint density at radius 3 is 1.72 bits per heavy atom. The molecule has 1 heterocycles. The maximum absolute atomic E-state index is 13.7. The summed E-state index contributed by atoms with van der Waals surface area (Å²) in [5.74, 6) is 1.89. The van der Waals surface area contributed by atoms with E-state index in [9.17, 15) is 4.79 Å². The topological polar surface area (TPSA) is 63.6 Å². The Morgan fingerprint density at radius 1 is 0.721 bits per heavy atom. The molecule has 0 spiro atoms. The normalized spacial score (nSPS) is 20.0. The zero-order valence-corrected chi connectivity index (χ0v) is 25.2. The van der Waals surface area contributed by atoms with E-state index in [0.717, 1.165) is 72.6 Å².